The van der Waals surface area contributed by atoms with Gasteiger partial charge in [0.1, 0.15) is 5.82 Å². The molecule has 0 saturated heterocycles. The van der Waals surface area contributed by atoms with Crippen LogP contribution in [0.2, 0.25) is 5.02 Å². The molecule has 0 aliphatic carbocycles. The van der Waals surface area contributed by atoms with Crippen molar-refractivity contribution in [2.75, 3.05) is 0 Å². The zero-order valence-electron chi connectivity index (χ0n) is 9.29. The molecule has 3 N–H and O–H groups in total. The summed E-state index contributed by atoms with van der Waals surface area (Å²) in [6.45, 7) is 0. The standard InChI is InChI=1S/C12H11BrClFN2S/c13-9-3-4-18-12(9)11(17-16)5-7-1-2-8(15)6-10(7)14/h1-4,6,11,17H,5,16H2. The Labute approximate surface area is 122 Å². The number of hydrazine groups is 1. The van der Waals surface area contributed by atoms with Crippen LogP contribution in [0, 0.1) is 5.82 Å². The van der Waals surface area contributed by atoms with Crippen molar-refractivity contribution in [1.82, 2.24) is 5.43 Å². The van der Waals surface area contributed by atoms with Crippen molar-refractivity contribution in [3.63, 3.8) is 0 Å². The van der Waals surface area contributed by atoms with E-state index >= 15 is 0 Å². The van der Waals surface area contributed by atoms with Gasteiger partial charge in [0.05, 0.1) is 6.04 Å². The zero-order valence-corrected chi connectivity index (χ0v) is 12.4. The minimum absolute atomic E-state index is 0.0534. The minimum Gasteiger partial charge on any atom is -0.271 e. The lowest BCUT2D eigenvalue weighted by molar-refractivity contribution is 0.557. The summed E-state index contributed by atoms with van der Waals surface area (Å²) in [6, 6.07) is 6.31. The second-order valence-electron chi connectivity index (χ2n) is 3.79. The summed E-state index contributed by atoms with van der Waals surface area (Å²) in [6.07, 6.45) is 0.606. The van der Waals surface area contributed by atoms with Crippen molar-refractivity contribution in [3.05, 3.63) is 55.4 Å². The van der Waals surface area contributed by atoms with Gasteiger partial charge < -0.3 is 0 Å². The van der Waals surface area contributed by atoms with Crippen molar-refractivity contribution in [3.8, 4) is 0 Å². The highest BCUT2D eigenvalue weighted by Crippen LogP contribution is 2.32. The molecule has 0 aliphatic rings. The van der Waals surface area contributed by atoms with Gasteiger partial charge in [-0.05, 0) is 51.5 Å². The molecule has 0 aliphatic heterocycles. The molecule has 0 radical (unpaired) electrons. The second kappa shape index (κ2) is 6.12. The van der Waals surface area contributed by atoms with Crippen LogP contribution in [-0.4, -0.2) is 0 Å². The summed E-state index contributed by atoms with van der Waals surface area (Å²) in [4.78, 5) is 1.10. The lowest BCUT2D eigenvalue weighted by Gasteiger charge is -2.16. The lowest BCUT2D eigenvalue weighted by Crippen LogP contribution is -2.29. The van der Waals surface area contributed by atoms with Crippen LogP contribution < -0.4 is 11.3 Å². The SMILES string of the molecule is NNC(Cc1ccc(F)cc1Cl)c1sccc1Br. The molecule has 1 aromatic carbocycles. The highest BCUT2D eigenvalue weighted by Gasteiger charge is 2.16. The van der Waals surface area contributed by atoms with Gasteiger partial charge in [-0.15, -0.1) is 11.3 Å². The quantitative estimate of drug-likeness (QED) is 0.645. The fourth-order valence-corrected chi connectivity index (χ4v) is 3.64. The largest absolute Gasteiger partial charge is 0.271 e. The average molecular weight is 350 g/mol. The van der Waals surface area contributed by atoms with Crippen LogP contribution in [0.4, 0.5) is 4.39 Å². The maximum absolute atomic E-state index is 13.0. The van der Waals surface area contributed by atoms with Gasteiger partial charge >= 0.3 is 0 Å². The highest BCUT2D eigenvalue weighted by molar-refractivity contribution is 9.10. The van der Waals surface area contributed by atoms with Crippen LogP contribution in [0.5, 0.6) is 0 Å². The van der Waals surface area contributed by atoms with E-state index in [1.54, 1.807) is 17.4 Å². The summed E-state index contributed by atoms with van der Waals surface area (Å²) < 4.78 is 14.0. The van der Waals surface area contributed by atoms with E-state index in [2.05, 4.69) is 21.4 Å². The third-order valence-electron chi connectivity index (χ3n) is 2.60. The summed E-state index contributed by atoms with van der Waals surface area (Å²) in [5.41, 5.74) is 3.63. The first-order chi connectivity index (χ1) is 8.61. The third-order valence-corrected chi connectivity index (χ3v) is 4.94. The van der Waals surface area contributed by atoms with Crippen molar-refractivity contribution >= 4 is 38.9 Å². The Morgan fingerprint density at radius 2 is 2.22 bits per heavy atom. The van der Waals surface area contributed by atoms with Gasteiger partial charge in [-0.3, -0.25) is 11.3 Å². The molecule has 0 bridgehead atoms. The maximum Gasteiger partial charge on any atom is 0.124 e. The van der Waals surface area contributed by atoms with E-state index in [1.807, 2.05) is 11.4 Å². The van der Waals surface area contributed by atoms with Gasteiger partial charge in [-0.1, -0.05) is 17.7 Å². The molecule has 0 amide bonds. The fourth-order valence-electron chi connectivity index (χ4n) is 1.69. The van der Waals surface area contributed by atoms with E-state index in [9.17, 15) is 4.39 Å². The number of hydrogen-bond acceptors (Lipinski definition) is 3. The average Bonchev–Trinajstić information content (AvgIpc) is 2.75. The molecule has 6 heteroatoms. The van der Waals surface area contributed by atoms with Crippen molar-refractivity contribution in [1.29, 1.82) is 0 Å². The smallest absolute Gasteiger partial charge is 0.124 e. The normalized spacial score (nSPS) is 12.7. The summed E-state index contributed by atoms with van der Waals surface area (Å²) in [5, 5.41) is 2.40. The van der Waals surface area contributed by atoms with E-state index < -0.39 is 0 Å². The van der Waals surface area contributed by atoms with Crippen LogP contribution >= 0.6 is 38.9 Å². The van der Waals surface area contributed by atoms with Gasteiger partial charge in [0, 0.05) is 14.4 Å². The predicted molar refractivity (Wildman–Crippen MR) is 77.2 cm³/mol. The van der Waals surface area contributed by atoms with Gasteiger partial charge in [0.15, 0.2) is 0 Å². The van der Waals surface area contributed by atoms with Gasteiger partial charge in [-0.25, -0.2) is 4.39 Å². The third kappa shape index (κ3) is 3.10. The molecule has 2 aromatic rings. The number of benzene rings is 1. The van der Waals surface area contributed by atoms with Crippen LogP contribution in [0.3, 0.4) is 0 Å². The molecule has 1 heterocycles. The molecule has 0 fully saturated rings. The molecule has 2 nitrogen and oxygen atoms in total. The first-order valence-corrected chi connectivity index (χ1v) is 7.30. The van der Waals surface area contributed by atoms with Crippen LogP contribution in [0.25, 0.3) is 0 Å². The molecule has 18 heavy (non-hydrogen) atoms. The Morgan fingerprint density at radius 1 is 1.44 bits per heavy atom. The fraction of sp³-hybridized carbons (Fsp3) is 0.167. The number of hydrogen-bond donors (Lipinski definition) is 2. The Morgan fingerprint density at radius 3 is 2.78 bits per heavy atom. The molecular formula is C12H11BrClFN2S. The topological polar surface area (TPSA) is 38.0 Å². The molecule has 0 saturated carbocycles. The second-order valence-corrected chi connectivity index (χ2v) is 6.00. The van der Waals surface area contributed by atoms with Gasteiger partial charge in [0.2, 0.25) is 0 Å². The van der Waals surface area contributed by atoms with E-state index in [0.29, 0.717) is 11.4 Å². The van der Waals surface area contributed by atoms with Crippen molar-refractivity contribution in [2.45, 2.75) is 12.5 Å². The lowest BCUT2D eigenvalue weighted by atomic mass is 10.1. The molecule has 96 valence electrons. The number of nitrogens with one attached hydrogen (secondary N) is 1. The van der Waals surface area contributed by atoms with E-state index in [0.717, 1.165) is 14.9 Å². The highest BCUT2D eigenvalue weighted by atomic mass is 79.9. The maximum atomic E-state index is 13.0. The predicted octanol–water partition coefficient (Wildman–Crippen LogP) is 4.05. The van der Waals surface area contributed by atoms with Gasteiger partial charge in [-0.2, -0.15) is 0 Å². The molecular weight excluding hydrogens is 339 g/mol. The minimum atomic E-state index is -0.335. The molecule has 0 spiro atoms. The summed E-state index contributed by atoms with van der Waals surface area (Å²) in [7, 11) is 0. The number of thiophene rings is 1. The number of nitrogens with two attached hydrogens (primary N) is 1. The molecule has 1 unspecified atom stereocenters. The van der Waals surface area contributed by atoms with E-state index in [1.165, 1.54) is 12.1 Å². The first kappa shape index (κ1) is 14.0. The number of halogens is 3. The van der Waals surface area contributed by atoms with Crippen LogP contribution in [-0.2, 0) is 6.42 Å². The van der Waals surface area contributed by atoms with E-state index in [4.69, 9.17) is 17.4 Å². The molecule has 1 atom stereocenters. The molecule has 1 aromatic heterocycles. The van der Waals surface area contributed by atoms with E-state index in [-0.39, 0.29) is 11.9 Å². The van der Waals surface area contributed by atoms with Crippen molar-refractivity contribution in [2.24, 2.45) is 5.84 Å². The summed E-state index contributed by atoms with van der Waals surface area (Å²) in [5.74, 6) is 5.24. The van der Waals surface area contributed by atoms with Crippen molar-refractivity contribution < 1.29 is 4.39 Å². The first-order valence-electron chi connectivity index (χ1n) is 5.24. The Hall–Kier alpha value is -0.460. The Balaban J connectivity index is 2.23. The molecule has 2 rings (SSSR count). The van der Waals surface area contributed by atoms with Gasteiger partial charge in [0.25, 0.3) is 0 Å². The summed E-state index contributed by atoms with van der Waals surface area (Å²) >= 11 is 11.1. The zero-order chi connectivity index (χ0) is 13.1. The Bertz CT molecular complexity index is 547. The monoisotopic (exact) mass is 348 g/mol. The Kier molecular flexibility index (Phi) is 4.75. The van der Waals surface area contributed by atoms with Crippen LogP contribution in [0.1, 0.15) is 16.5 Å². The number of rotatable bonds is 4. The van der Waals surface area contributed by atoms with Crippen LogP contribution in [0.15, 0.2) is 34.1 Å².